The van der Waals surface area contributed by atoms with Crippen molar-refractivity contribution < 1.29 is 4.79 Å². The number of aromatic amines is 1. The molecule has 0 aliphatic carbocycles. The van der Waals surface area contributed by atoms with E-state index in [1.807, 2.05) is 60.7 Å². The molecule has 2 aromatic carbocycles. The summed E-state index contributed by atoms with van der Waals surface area (Å²) in [6.07, 6.45) is 0. The van der Waals surface area contributed by atoms with Crippen molar-refractivity contribution in [3.63, 3.8) is 0 Å². The molecular weight excluding hydrogens is 278 g/mol. The average molecular weight is 293 g/mol. The van der Waals surface area contributed by atoms with Crippen molar-refractivity contribution in [2.75, 3.05) is 10.6 Å². The van der Waals surface area contributed by atoms with Crippen LogP contribution < -0.4 is 10.6 Å². The summed E-state index contributed by atoms with van der Waals surface area (Å²) in [5.41, 5.74) is 7.29. The maximum Gasteiger partial charge on any atom is 0.295 e. The van der Waals surface area contributed by atoms with Crippen LogP contribution in [0.5, 0.6) is 0 Å². The number of nitrogens with one attached hydrogen (secondary N) is 1. The molecule has 0 spiro atoms. The smallest absolute Gasteiger partial charge is 0.295 e. The number of benzene rings is 2. The van der Waals surface area contributed by atoms with Crippen molar-refractivity contribution in [2.24, 2.45) is 0 Å². The van der Waals surface area contributed by atoms with Gasteiger partial charge in [0.05, 0.1) is 6.54 Å². The molecule has 6 nitrogen and oxygen atoms in total. The first-order chi connectivity index (χ1) is 10.7. The highest BCUT2D eigenvalue weighted by Gasteiger charge is 2.21. The Hall–Kier alpha value is -3.15. The van der Waals surface area contributed by atoms with Crippen LogP contribution in [0.25, 0.3) is 0 Å². The Morgan fingerprint density at radius 1 is 1.05 bits per heavy atom. The number of carbonyl (C=O) groups is 1. The highest BCUT2D eigenvalue weighted by atomic mass is 16.2. The number of hydrogen-bond acceptors (Lipinski definition) is 4. The number of nitrogen functional groups attached to an aromatic ring is 1. The first kappa shape index (κ1) is 13.8. The van der Waals surface area contributed by atoms with Crippen LogP contribution in [0.15, 0.2) is 60.7 Å². The van der Waals surface area contributed by atoms with Gasteiger partial charge < -0.3 is 10.6 Å². The fourth-order valence-corrected chi connectivity index (χ4v) is 2.15. The second-order valence-corrected chi connectivity index (χ2v) is 4.75. The fourth-order valence-electron chi connectivity index (χ4n) is 2.15. The number of anilines is 2. The van der Waals surface area contributed by atoms with Crippen LogP contribution in [0.1, 0.15) is 16.2 Å². The van der Waals surface area contributed by atoms with Gasteiger partial charge in [-0.15, -0.1) is 5.10 Å². The molecule has 0 saturated heterocycles. The van der Waals surface area contributed by atoms with E-state index in [0.717, 1.165) is 11.3 Å². The van der Waals surface area contributed by atoms with Crippen LogP contribution in [0.3, 0.4) is 0 Å². The molecule has 1 amide bonds. The number of amides is 1. The molecule has 22 heavy (non-hydrogen) atoms. The topological polar surface area (TPSA) is 87.9 Å². The third-order valence-corrected chi connectivity index (χ3v) is 3.20. The van der Waals surface area contributed by atoms with Gasteiger partial charge in [0.25, 0.3) is 5.91 Å². The van der Waals surface area contributed by atoms with E-state index in [-0.39, 0.29) is 17.7 Å². The molecule has 0 radical (unpaired) electrons. The third kappa shape index (κ3) is 2.95. The van der Waals surface area contributed by atoms with Crippen molar-refractivity contribution in [1.29, 1.82) is 0 Å². The summed E-state index contributed by atoms with van der Waals surface area (Å²) in [5, 5.41) is 6.28. The summed E-state index contributed by atoms with van der Waals surface area (Å²) in [6, 6.07) is 19.2. The molecule has 110 valence electrons. The first-order valence-electron chi connectivity index (χ1n) is 6.83. The lowest BCUT2D eigenvalue weighted by Gasteiger charge is -2.21. The van der Waals surface area contributed by atoms with Gasteiger partial charge in [0.15, 0.2) is 0 Å². The van der Waals surface area contributed by atoms with Crippen molar-refractivity contribution in [3.05, 3.63) is 72.1 Å². The Morgan fingerprint density at radius 2 is 1.68 bits per heavy atom. The molecular formula is C16H15N5O. The number of H-pyrrole nitrogens is 1. The molecule has 0 aliphatic rings. The zero-order valence-corrected chi connectivity index (χ0v) is 11.8. The average Bonchev–Trinajstić information content (AvgIpc) is 3.00. The molecule has 0 bridgehead atoms. The minimum absolute atomic E-state index is 0.0519. The number of nitrogens with two attached hydrogens (primary N) is 1. The lowest BCUT2D eigenvalue weighted by atomic mass is 10.2. The minimum atomic E-state index is -0.278. The SMILES string of the molecule is Nc1n[nH]c(C(=O)N(Cc2ccccc2)c2ccccc2)n1. The summed E-state index contributed by atoms with van der Waals surface area (Å²) >= 11 is 0. The van der Waals surface area contributed by atoms with Gasteiger partial charge >= 0.3 is 0 Å². The standard InChI is InChI=1S/C16H15N5O/c17-16-18-14(19-20-16)15(22)21(13-9-5-2-6-10-13)11-12-7-3-1-4-8-12/h1-10H,11H2,(H3,17,18,19,20). The van der Waals surface area contributed by atoms with Gasteiger partial charge in [0.1, 0.15) is 0 Å². The molecule has 3 N–H and O–H groups in total. The van der Waals surface area contributed by atoms with E-state index < -0.39 is 0 Å². The molecule has 0 unspecified atom stereocenters. The van der Waals surface area contributed by atoms with Gasteiger partial charge in [-0.05, 0) is 17.7 Å². The van der Waals surface area contributed by atoms with Crippen LogP contribution in [-0.4, -0.2) is 21.1 Å². The first-order valence-corrected chi connectivity index (χ1v) is 6.83. The van der Waals surface area contributed by atoms with Gasteiger partial charge in [0, 0.05) is 5.69 Å². The number of carbonyl (C=O) groups excluding carboxylic acids is 1. The largest absolute Gasteiger partial charge is 0.366 e. The van der Waals surface area contributed by atoms with E-state index in [1.54, 1.807) is 4.90 Å². The molecule has 0 aliphatic heterocycles. The molecule has 0 atom stereocenters. The van der Waals surface area contributed by atoms with E-state index in [1.165, 1.54) is 0 Å². The summed E-state index contributed by atoms with van der Waals surface area (Å²) in [6.45, 7) is 0.435. The Labute approximate surface area is 127 Å². The van der Waals surface area contributed by atoms with E-state index >= 15 is 0 Å². The lowest BCUT2D eigenvalue weighted by Crippen LogP contribution is -2.31. The zero-order chi connectivity index (χ0) is 15.4. The van der Waals surface area contributed by atoms with Gasteiger partial charge in [0.2, 0.25) is 11.8 Å². The predicted octanol–water partition coefficient (Wildman–Crippen LogP) is 2.23. The zero-order valence-electron chi connectivity index (χ0n) is 11.8. The summed E-state index contributed by atoms with van der Waals surface area (Å²) in [7, 11) is 0. The number of aromatic nitrogens is 3. The number of rotatable bonds is 4. The van der Waals surface area contributed by atoms with E-state index in [4.69, 9.17) is 5.73 Å². The summed E-state index contributed by atoms with van der Waals surface area (Å²) in [4.78, 5) is 18.3. The third-order valence-electron chi connectivity index (χ3n) is 3.20. The number of nitrogens with zero attached hydrogens (tertiary/aromatic N) is 3. The van der Waals surface area contributed by atoms with Crippen LogP contribution >= 0.6 is 0 Å². The van der Waals surface area contributed by atoms with Crippen LogP contribution in [0.2, 0.25) is 0 Å². The van der Waals surface area contributed by atoms with Crippen molar-refractivity contribution in [3.8, 4) is 0 Å². The Morgan fingerprint density at radius 3 is 2.27 bits per heavy atom. The van der Waals surface area contributed by atoms with Crippen LogP contribution in [0, 0.1) is 0 Å². The minimum Gasteiger partial charge on any atom is -0.366 e. The monoisotopic (exact) mass is 293 g/mol. The van der Waals surface area contributed by atoms with Gasteiger partial charge in [-0.3, -0.25) is 9.89 Å². The molecule has 1 aromatic heterocycles. The Balaban J connectivity index is 1.94. The second-order valence-electron chi connectivity index (χ2n) is 4.75. The maximum atomic E-state index is 12.7. The summed E-state index contributed by atoms with van der Waals surface area (Å²) < 4.78 is 0. The van der Waals surface area contributed by atoms with Crippen molar-refractivity contribution >= 4 is 17.5 Å². The Bertz CT molecular complexity index is 754. The van der Waals surface area contributed by atoms with Gasteiger partial charge in [-0.25, -0.2) is 0 Å². The molecule has 1 heterocycles. The van der Waals surface area contributed by atoms with E-state index in [2.05, 4.69) is 15.2 Å². The number of hydrogen-bond donors (Lipinski definition) is 2. The summed E-state index contributed by atoms with van der Waals surface area (Å²) in [5.74, 6) is -0.104. The highest BCUT2D eigenvalue weighted by Crippen LogP contribution is 2.19. The second kappa shape index (κ2) is 6.09. The van der Waals surface area contributed by atoms with E-state index in [0.29, 0.717) is 6.54 Å². The molecule has 3 rings (SSSR count). The lowest BCUT2D eigenvalue weighted by molar-refractivity contribution is 0.0975. The van der Waals surface area contributed by atoms with Crippen LogP contribution in [0.4, 0.5) is 11.6 Å². The fraction of sp³-hybridized carbons (Fsp3) is 0.0625. The quantitative estimate of drug-likeness (QED) is 0.772. The number of para-hydroxylation sites is 1. The highest BCUT2D eigenvalue weighted by molar-refractivity contribution is 6.03. The van der Waals surface area contributed by atoms with Crippen LogP contribution in [-0.2, 0) is 6.54 Å². The van der Waals surface area contributed by atoms with E-state index in [9.17, 15) is 4.79 Å². The van der Waals surface area contributed by atoms with Crippen molar-refractivity contribution in [2.45, 2.75) is 6.54 Å². The molecule has 0 saturated carbocycles. The predicted molar refractivity (Wildman–Crippen MR) is 84.2 cm³/mol. The Kier molecular flexibility index (Phi) is 3.82. The van der Waals surface area contributed by atoms with Gasteiger partial charge in [-0.2, -0.15) is 4.98 Å². The normalized spacial score (nSPS) is 10.4. The maximum absolute atomic E-state index is 12.7. The molecule has 6 heteroatoms. The molecule has 0 fully saturated rings. The van der Waals surface area contributed by atoms with Gasteiger partial charge in [-0.1, -0.05) is 48.5 Å². The molecule has 3 aromatic rings. The van der Waals surface area contributed by atoms with Crippen molar-refractivity contribution in [1.82, 2.24) is 15.2 Å².